The highest BCUT2D eigenvalue weighted by Crippen LogP contribution is 2.19. The Morgan fingerprint density at radius 1 is 0.840 bits per heavy atom. The lowest BCUT2D eigenvalue weighted by atomic mass is 10.1. The number of benzene rings is 3. The van der Waals surface area contributed by atoms with Gasteiger partial charge in [0.2, 0.25) is 5.91 Å². The van der Waals surface area contributed by atoms with Crippen LogP contribution in [0, 0.1) is 0 Å². The number of para-hydroxylation sites is 1. The van der Waals surface area contributed by atoms with E-state index in [0.717, 1.165) is 16.8 Å². The highest BCUT2D eigenvalue weighted by molar-refractivity contribution is 6.30. The molecule has 0 aliphatic heterocycles. The summed E-state index contributed by atoms with van der Waals surface area (Å²) in [7, 11) is 0. The Morgan fingerprint density at radius 3 is 2.08 bits per heavy atom. The fourth-order valence-corrected chi connectivity index (χ4v) is 2.69. The van der Waals surface area contributed by atoms with Crippen molar-refractivity contribution >= 4 is 23.2 Å². The van der Waals surface area contributed by atoms with Crippen LogP contribution >= 0.6 is 11.6 Å². The van der Waals surface area contributed by atoms with Gasteiger partial charge in [0, 0.05) is 17.3 Å². The molecule has 3 aromatic carbocycles. The molecule has 0 aliphatic rings. The van der Waals surface area contributed by atoms with E-state index in [1.807, 2.05) is 72.8 Å². The van der Waals surface area contributed by atoms with E-state index in [4.69, 9.17) is 11.6 Å². The third-order valence-electron chi connectivity index (χ3n) is 3.86. The summed E-state index contributed by atoms with van der Waals surface area (Å²) in [5.41, 5.74) is 2.76. The molecule has 0 saturated carbocycles. The zero-order valence-electron chi connectivity index (χ0n) is 13.7. The Kier molecular flexibility index (Phi) is 5.83. The SMILES string of the molecule is O=C(Nc1ccccc1)C(NCc1ccccc1)c1ccc(Cl)cc1. The molecule has 3 aromatic rings. The average molecular weight is 351 g/mol. The van der Waals surface area contributed by atoms with E-state index in [9.17, 15) is 4.79 Å². The molecule has 0 bridgehead atoms. The van der Waals surface area contributed by atoms with Gasteiger partial charge < -0.3 is 5.32 Å². The number of nitrogens with one attached hydrogen (secondary N) is 2. The van der Waals surface area contributed by atoms with Crippen LogP contribution in [0.5, 0.6) is 0 Å². The van der Waals surface area contributed by atoms with Crippen molar-refractivity contribution in [1.82, 2.24) is 5.32 Å². The lowest BCUT2D eigenvalue weighted by Crippen LogP contribution is -2.32. The summed E-state index contributed by atoms with van der Waals surface area (Å²) in [6.45, 7) is 0.594. The summed E-state index contributed by atoms with van der Waals surface area (Å²) in [5, 5.41) is 6.94. The first kappa shape index (κ1) is 17.2. The topological polar surface area (TPSA) is 41.1 Å². The Morgan fingerprint density at radius 2 is 1.44 bits per heavy atom. The molecule has 0 heterocycles. The van der Waals surface area contributed by atoms with Crippen LogP contribution in [0.3, 0.4) is 0 Å². The molecule has 25 heavy (non-hydrogen) atoms. The quantitative estimate of drug-likeness (QED) is 0.669. The minimum absolute atomic E-state index is 0.107. The van der Waals surface area contributed by atoms with Gasteiger partial charge in [0.05, 0.1) is 0 Å². The highest BCUT2D eigenvalue weighted by atomic mass is 35.5. The van der Waals surface area contributed by atoms with E-state index < -0.39 is 6.04 Å². The van der Waals surface area contributed by atoms with Crippen LogP contribution in [-0.2, 0) is 11.3 Å². The first-order valence-corrected chi connectivity index (χ1v) is 8.49. The van der Waals surface area contributed by atoms with Crippen molar-refractivity contribution in [2.75, 3.05) is 5.32 Å². The first-order valence-electron chi connectivity index (χ1n) is 8.11. The molecular weight excluding hydrogens is 332 g/mol. The van der Waals surface area contributed by atoms with Crippen molar-refractivity contribution in [2.24, 2.45) is 0 Å². The minimum atomic E-state index is -0.474. The lowest BCUT2D eigenvalue weighted by molar-refractivity contribution is -0.118. The van der Waals surface area contributed by atoms with Crippen LogP contribution in [-0.4, -0.2) is 5.91 Å². The van der Waals surface area contributed by atoms with Gasteiger partial charge in [0.25, 0.3) is 0 Å². The summed E-state index contributed by atoms with van der Waals surface area (Å²) in [4.78, 5) is 12.8. The number of carbonyl (C=O) groups is 1. The van der Waals surface area contributed by atoms with E-state index in [1.54, 1.807) is 12.1 Å². The largest absolute Gasteiger partial charge is 0.324 e. The summed E-state index contributed by atoms with van der Waals surface area (Å²) in [6, 6.07) is 26.3. The molecule has 2 N–H and O–H groups in total. The standard InChI is InChI=1S/C21H19ClN2O/c22-18-13-11-17(12-14-18)20(23-15-16-7-3-1-4-8-16)21(25)24-19-9-5-2-6-10-19/h1-14,20,23H,15H2,(H,24,25). The predicted octanol–water partition coefficient (Wildman–Crippen LogP) is 4.81. The number of hydrogen-bond acceptors (Lipinski definition) is 2. The van der Waals surface area contributed by atoms with Crippen LogP contribution in [0.15, 0.2) is 84.9 Å². The molecule has 0 saturated heterocycles. The number of rotatable bonds is 6. The molecule has 0 spiro atoms. The van der Waals surface area contributed by atoms with Gasteiger partial charge in [-0.05, 0) is 35.4 Å². The van der Waals surface area contributed by atoms with Gasteiger partial charge in [-0.2, -0.15) is 0 Å². The number of anilines is 1. The summed E-state index contributed by atoms with van der Waals surface area (Å²) in [5.74, 6) is -0.107. The summed E-state index contributed by atoms with van der Waals surface area (Å²) < 4.78 is 0. The maximum atomic E-state index is 12.8. The third-order valence-corrected chi connectivity index (χ3v) is 4.11. The monoisotopic (exact) mass is 350 g/mol. The molecule has 3 nitrogen and oxygen atoms in total. The molecule has 1 amide bonds. The molecule has 0 aromatic heterocycles. The van der Waals surface area contributed by atoms with E-state index in [2.05, 4.69) is 10.6 Å². The Bertz CT molecular complexity index is 804. The second-order valence-electron chi connectivity index (χ2n) is 5.71. The zero-order valence-corrected chi connectivity index (χ0v) is 14.4. The smallest absolute Gasteiger partial charge is 0.246 e. The van der Waals surface area contributed by atoms with Gasteiger partial charge in [0.1, 0.15) is 6.04 Å². The number of halogens is 1. The van der Waals surface area contributed by atoms with E-state index in [1.165, 1.54) is 0 Å². The van der Waals surface area contributed by atoms with Crippen LogP contribution in [0.2, 0.25) is 5.02 Å². The second kappa shape index (κ2) is 8.47. The zero-order chi connectivity index (χ0) is 17.5. The number of amides is 1. The van der Waals surface area contributed by atoms with Crippen LogP contribution < -0.4 is 10.6 Å². The van der Waals surface area contributed by atoms with Crippen molar-refractivity contribution in [3.05, 3.63) is 101 Å². The van der Waals surface area contributed by atoms with Crippen molar-refractivity contribution < 1.29 is 4.79 Å². The summed E-state index contributed by atoms with van der Waals surface area (Å²) in [6.07, 6.45) is 0. The minimum Gasteiger partial charge on any atom is -0.324 e. The van der Waals surface area contributed by atoms with Gasteiger partial charge in [-0.3, -0.25) is 10.1 Å². The maximum Gasteiger partial charge on any atom is 0.246 e. The van der Waals surface area contributed by atoms with Crippen molar-refractivity contribution in [3.8, 4) is 0 Å². The molecule has 1 atom stereocenters. The average Bonchev–Trinajstić information content (AvgIpc) is 2.65. The van der Waals surface area contributed by atoms with Gasteiger partial charge in [-0.1, -0.05) is 72.3 Å². The molecule has 1 unspecified atom stereocenters. The molecule has 0 radical (unpaired) electrons. The number of carbonyl (C=O) groups excluding carboxylic acids is 1. The van der Waals surface area contributed by atoms with Gasteiger partial charge in [0.15, 0.2) is 0 Å². The first-order chi connectivity index (χ1) is 12.2. The third kappa shape index (κ3) is 4.92. The Labute approximate surface area is 152 Å². The van der Waals surface area contributed by atoms with Crippen molar-refractivity contribution in [2.45, 2.75) is 12.6 Å². The molecular formula is C21H19ClN2O. The van der Waals surface area contributed by atoms with Crippen LogP contribution in [0.25, 0.3) is 0 Å². The van der Waals surface area contributed by atoms with Crippen LogP contribution in [0.1, 0.15) is 17.2 Å². The van der Waals surface area contributed by atoms with Gasteiger partial charge in [-0.25, -0.2) is 0 Å². The molecule has 0 aliphatic carbocycles. The molecule has 3 rings (SSSR count). The normalized spacial score (nSPS) is 11.7. The fourth-order valence-electron chi connectivity index (χ4n) is 2.57. The summed E-state index contributed by atoms with van der Waals surface area (Å²) >= 11 is 5.98. The van der Waals surface area contributed by atoms with Crippen LogP contribution in [0.4, 0.5) is 5.69 Å². The fraction of sp³-hybridized carbons (Fsp3) is 0.0952. The molecule has 4 heteroatoms. The van der Waals surface area contributed by atoms with E-state index >= 15 is 0 Å². The number of hydrogen-bond donors (Lipinski definition) is 2. The van der Waals surface area contributed by atoms with Crippen molar-refractivity contribution in [1.29, 1.82) is 0 Å². The second-order valence-corrected chi connectivity index (χ2v) is 6.14. The van der Waals surface area contributed by atoms with Gasteiger partial charge >= 0.3 is 0 Å². The van der Waals surface area contributed by atoms with E-state index in [-0.39, 0.29) is 5.91 Å². The predicted molar refractivity (Wildman–Crippen MR) is 103 cm³/mol. The van der Waals surface area contributed by atoms with Crippen molar-refractivity contribution in [3.63, 3.8) is 0 Å². The Balaban J connectivity index is 1.78. The molecule has 0 fully saturated rings. The Hall–Kier alpha value is -2.62. The van der Waals surface area contributed by atoms with E-state index in [0.29, 0.717) is 11.6 Å². The maximum absolute atomic E-state index is 12.8. The molecule has 126 valence electrons. The van der Waals surface area contributed by atoms with Gasteiger partial charge in [-0.15, -0.1) is 0 Å². The highest BCUT2D eigenvalue weighted by Gasteiger charge is 2.20. The lowest BCUT2D eigenvalue weighted by Gasteiger charge is -2.19.